The number of hydrogen-bond acceptors (Lipinski definition) is 5. The predicted octanol–water partition coefficient (Wildman–Crippen LogP) is 3.29. The average Bonchev–Trinajstić information content (AvgIpc) is 2.72. The molecule has 0 aliphatic rings. The van der Waals surface area contributed by atoms with Gasteiger partial charge in [-0.05, 0) is 51.2 Å². The quantitative estimate of drug-likeness (QED) is 0.148. The standard InChI is InChI=1S/C23H14O8/c24-19(25)23(20(26)27,21(28)29)22(30)31-18-7-3-6-15-16(18)9-8-14-10-12-4-1-2-5-13(12)11-17(14)15/h1-11H,(H,24,25)(H,26,27)(H,28,29). The Kier molecular flexibility index (Phi) is 4.54. The molecule has 0 saturated carbocycles. The third-order valence-corrected chi connectivity index (χ3v) is 5.17. The molecule has 8 nitrogen and oxygen atoms in total. The molecule has 4 aromatic rings. The Hall–Kier alpha value is -4.46. The monoisotopic (exact) mass is 418 g/mol. The van der Waals surface area contributed by atoms with Crippen LogP contribution in [0.25, 0.3) is 32.3 Å². The molecule has 0 saturated heterocycles. The normalized spacial score (nSPS) is 11.5. The van der Waals surface area contributed by atoms with Gasteiger partial charge in [-0.1, -0.05) is 42.5 Å². The molecule has 3 N–H and O–H groups in total. The second kappa shape index (κ2) is 7.10. The molecule has 0 bridgehead atoms. The highest BCUT2D eigenvalue weighted by atomic mass is 16.5. The highest BCUT2D eigenvalue weighted by molar-refractivity contribution is 6.32. The molecule has 0 aromatic heterocycles. The Bertz CT molecular complexity index is 1380. The number of ether oxygens (including phenoxy) is 1. The summed E-state index contributed by atoms with van der Waals surface area (Å²) in [5.74, 6) is -9.13. The molecule has 0 radical (unpaired) electrons. The zero-order chi connectivity index (χ0) is 22.3. The van der Waals surface area contributed by atoms with E-state index in [1.54, 1.807) is 24.3 Å². The molecule has 0 spiro atoms. The SMILES string of the molecule is O=C(O)C(C(=O)O)(C(=O)O)C(=O)Oc1cccc2c1ccc1cc3ccccc3cc12. The molecule has 0 fully saturated rings. The molecule has 31 heavy (non-hydrogen) atoms. The molecule has 4 rings (SSSR count). The maximum absolute atomic E-state index is 12.5. The summed E-state index contributed by atoms with van der Waals surface area (Å²) in [4.78, 5) is 46.8. The first-order valence-electron chi connectivity index (χ1n) is 9.03. The van der Waals surface area contributed by atoms with Crippen molar-refractivity contribution in [2.24, 2.45) is 5.41 Å². The Balaban J connectivity index is 1.88. The summed E-state index contributed by atoms with van der Waals surface area (Å²) < 4.78 is 5.03. The van der Waals surface area contributed by atoms with Crippen molar-refractivity contribution in [2.75, 3.05) is 0 Å². The van der Waals surface area contributed by atoms with E-state index in [-0.39, 0.29) is 5.75 Å². The molecule has 0 amide bonds. The van der Waals surface area contributed by atoms with Crippen LogP contribution >= 0.6 is 0 Å². The minimum absolute atomic E-state index is 0.148. The van der Waals surface area contributed by atoms with Gasteiger partial charge in [-0.3, -0.25) is 0 Å². The van der Waals surface area contributed by atoms with Crippen LogP contribution in [0.3, 0.4) is 0 Å². The van der Waals surface area contributed by atoms with Crippen LogP contribution in [0.4, 0.5) is 0 Å². The van der Waals surface area contributed by atoms with Gasteiger partial charge in [0.2, 0.25) is 0 Å². The minimum Gasteiger partial charge on any atom is -0.480 e. The number of carboxylic acids is 3. The summed E-state index contributed by atoms with van der Waals surface area (Å²) in [5, 5.41) is 32.4. The fourth-order valence-corrected chi connectivity index (χ4v) is 3.55. The summed E-state index contributed by atoms with van der Waals surface area (Å²) in [7, 11) is 0. The van der Waals surface area contributed by atoms with E-state index in [1.165, 1.54) is 6.07 Å². The molecule has 4 aromatic carbocycles. The van der Waals surface area contributed by atoms with Gasteiger partial charge in [0.15, 0.2) is 0 Å². The number of aliphatic carboxylic acids is 3. The van der Waals surface area contributed by atoms with Crippen molar-refractivity contribution in [3.63, 3.8) is 0 Å². The number of rotatable bonds is 5. The Labute approximate surface area is 173 Å². The fourth-order valence-electron chi connectivity index (χ4n) is 3.55. The minimum atomic E-state index is -3.78. The number of carbonyl (C=O) groups excluding carboxylic acids is 1. The van der Waals surface area contributed by atoms with Gasteiger partial charge in [0.05, 0.1) is 0 Å². The van der Waals surface area contributed by atoms with Crippen LogP contribution in [-0.4, -0.2) is 39.2 Å². The van der Waals surface area contributed by atoms with Gasteiger partial charge < -0.3 is 20.1 Å². The number of carboxylic acid groups (broad SMARTS) is 3. The zero-order valence-corrected chi connectivity index (χ0v) is 15.7. The van der Waals surface area contributed by atoms with Crippen molar-refractivity contribution in [3.8, 4) is 5.75 Å². The second-order valence-corrected chi connectivity index (χ2v) is 6.89. The first kappa shape index (κ1) is 19.8. The molecule has 0 aliphatic carbocycles. The summed E-state index contributed by atoms with van der Waals surface area (Å²) in [6, 6.07) is 19.7. The van der Waals surface area contributed by atoms with E-state index < -0.39 is 29.3 Å². The lowest BCUT2D eigenvalue weighted by Crippen LogP contribution is -2.54. The summed E-state index contributed by atoms with van der Waals surface area (Å²) in [5.41, 5.74) is -3.78. The van der Waals surface area contributed by atoms with Gasteiger partial charge in [0, 0.05) is 5.39 Å². The van der Waals surface area contributed by atoms with Crippen molar-refractivity contribution in [3.05, 3.63) is 66.7 Å². The third kappa shape index (κ3) is 2.93. The highest BCUT2D eigenvalue weighted by Crippen LogP contribution is 2.35. The first-order chi connectivity index (χ1) is 14.8. The van der Waals surface area contributed by atoms with Crippen LogP contribution in [0.2, 0.25) is 0 Å². The highest BCUT2D eigenvalue weighted by Gasteiger charge is 2.63. The number of esters is 1. The molecule has 154 valence electrons. The number of fused-ring (bicyclic) bond motifs is 4. The van der Waals surface area contributed by atoms with E-state index in [9.17, 15) is 34.5 Å². The lowest BCUT2D eigenvalue weighted by Gasteiger charge is -2.19. The fraction of sp³-hybridized carbons (Fsp3) is 0.0435. The van der Waals surface area contributed by atoms with E-state index >= 15 is 0 Å². The average molecular weight is 418 g/mol. The first-order valence-corrected chi connectivity index (χ1v) is 9.03. The largest absolute Gasteiger partial charge is 0.480 e. The molecule has 0 aliphatic heterocycles. The molecule has 8 heteroatoms. The van der Waals surface area contributed by atoms with Crippen molar-refractivity contribution in [1.29, 1.82) is 0 Å². The van der Waals surface area contributed by atoms with Gasteiger partial charge in [0.25, 0.3) is 0 Å². The lowest BCUT2D eigenvalue weighted by molar-refractivity contribution is -0.182. The molecule has 0 heterocycles. The summed E-state index contributed by atoms with van der Waals surface area (Å²) in [6.45, 7) is 0. The van der Waals surface area contributed by atoms with Gasteiger partial charge in [-0.15, -0.1) is 0 Å². The Morgan fingerprint density at radius 2 is 1.23 bits per heavy atom. The van der Waals surface area contributed by atoms with Crippen LogP contribution < -0.4 is 4.74 Å². The summed E-state index contributed by atoms with van der Waals surface area (Å²) in [6.07, 6.45) is 0. The molecular formula is C23H14O8. The van der Waals surface area contributed by atoms with E-state index in [1.807, 2.05) is 36.4 Å². The van der Waals surface area contributed by atoms with Crippen LogP contribution in [0.1, 0.15) is 0 Å². The molecule has 0 atom stereocenters. The van der Waals surface area contributed by atoms with Crippen molar-refractivity contribution in [1.82, 2.24) is 0 Å². The maximum Gasteiger partial charge on any atom is 0.355 e. The lowest BCUT2D eigenvalue weighted by atomic mass is 9.88. The van der Waals surface area contributed by atoms with Gasteiger partial charge >= 0.3 is 29.3 Å². The number of carbonyl (C=O) groups is 4. The van der Waals surface area contributed by atoms with E-state index in [0.29, 0.717) is 10.8 Å². The Morgan fingerprint density at radius 1 is 0.613 bits per heavy atom. The maximum atomic E-state index is 12.5. The molecule has 0 unspecified atom stereocenters. The summed E-state index contributed by atoms with van der Waals surface area (Å²) >= 11 is 0. The predicted molar refractivity (Wildman–Crippen MR) is 110 cm³/mol. The second-order valence-electron chi connectivity index (χ2n) is 6.89. The smallest absolute Gasteiger partial charge is 0.355 e. The Morgan fingerprint density at radius 3 is 1.84 bits per heavy atom. The van der Waals surface area contributed by atoms with E-state index in [2.05, 4.69) is 0 Å². The zero-order valence-electron chi connectivity index (χ0n) is 15.7. The van der Waals surface area contributed by atoms with Crippen LogP contribution in [0, 0.1) is 5.41 Å². The van der Waals surface area contributed by atoms with Gasteiger partial charge in [0.1, 0.15) is 5.75 Å². The van der Waals surface area contributed by atoms with Crippen LogP contribution in [0.15, 0.2) is 66.7 Å². The molecular weight excluding hydrogens is 404 g/mol. The van der Waals surface area contributed by atoms with E-state index in [0.717, 1.165) is 21.5 Å². The van der Waals surface area contributed by atoms with Crippen molar-refractivity contribution >= 4 is 56.2 Å². The van der Waals surface area contributed by atoms with Gasteiger partial charge in [-0.2, -0.15) is 0 Å². The van der Waals surface area contributed by atoms with Crippen molar-refractivity contribution in [2.45, 2.75) is 0 Å². The van der Waals surface area contributed by atoms with Crippen LogP contribution in [0.5, 0.6) is 5.75 Å². The van der Waals surface area contributed by atoms with Crippen molar-refractivity contribution < 1.29 is 39.2 Å². The topological polar surface area (TPSA) is 138 Å². The van der Waals surface area contributed by atoms with Gasteiger partial charge in [-0.25, -0.2) is 19.2 Å². The van der Waals surface area contributed by atoms with Crippen LogP contribution in [-0.2, 0) is 19.2 Å². The number of hydrogen-bond donors (Lipinski definition) is 3. The third-order valence-electron chi connectivity index (χ3n) is 5.17. The van der Waals surface area contributed by atoms with E-state index in [4.69, 9.17) is 4.74 Å². The number of benzene rings is 4.